The molecule has 0 amide bonds. The number of hydrogen-bond donors (Lipinski definition) is 0. The molecule has 0 spiro atoms. The third-order valence-electron chi connectivity index (χ3n) is 4.56. The first-order valence-corrected chi connectivity index (χ1v) is 9.76. The molecule has 29 heavy (non-hydrogen) atoms. The predicted molar refractivity (Wildman–Crippen MR) is 113 cm³/mol. The van der Waals surface area contributed by atoms with E-state index >= 15 is 0 Å². The molecule has 0 heterocycles. The van der Waals surface area contributed by atoms with Crippen LogP contribution in [0, 0.1) is 6.92 Å². The second-order valence-electron chi connectivity index (χ2n) is 6.86. The Bertz CT molecular complexity index is 775. The highest BCUT2D eigenvalue weighted by atomic mass is 16.5. The van der Waals surface area contributed by atoms with Crippen LogP contribution in [0.5, 0.6) is 17.2 Å². The van der Waals surface area contributed by atoms with Crippen LogP contribution in [0.2, 0.25) is 0 Å². The highest BCUT2D eigenvalue weighted by Crippen LogP contribution is 2.34. The summed E-state index contributed by atoms with van der Waals surface area (Å²) in [7, 11) is 5.15. The quantitative estimate of drug-likeness (QED) is 0.530. The molecule has 2 rings (SSSR count). The van der Waals surface area contributed by atoms with Gasteiger partial charge in [-0.1, -0.05) is 17.7 Å². The molecular weight excluding hydrogens is 370 g/mol. The summed E-state index contributed by atoms with van der Waals surface area (Å²) < 4.78 is 22.2. The largest absolute Gasteiger partial charge is 0.497 e. The molecule has 0 aromatic heterocycles. The third kappa shape index (κ3) is 6.98. The second kappa shape index (κ2) is 11.3. The zero-order valence-corrected chi connectivity index (χ0v) is 17.9. The van der Waals surface area contributed by atoms with E-state index < -0.39 is 0 Å². The van der Waals surface area contributed by atoms with E-state index in [1.54, 1.807) is 21.1 Å². The number of hydrogen-bond acceptors (Lipinski definition) is 6. The number of rotatable bonds is 11. The molecule has 0 N–H and O–H groups in total. The third-order valence-corrected chi connectivity index (χ3v) is 4.56. The zero-order chi connectivity index (χ0) is 21.2. The van der Waals surface area contributed by atoms with E-state index in [-0.39, 0.29) is 18.6 Å². The molecule has 0 radical (unpaired) electrons. The van der Waals surface area contributed by atoms with Gasteiger partial charge in [0.25, 0.3) is 0 Å². The summed E-state index contributed by atoms with van der Waals surface area (Å²) in [5, 5.41) is 0. The van der Waals surface area contributed by atoms with Gasteiger partial charge in [0.1, 0.15) is 23.4 Å². The Balaban J connectivity index is 2.19. The Hall–Kier alpha value is -2.73. The number of aryl methyl sites for hydroxylation is 1. The fourth-order valence-electron chi connectivity index (χ4n) is 2.99. The van der Waals surface area contributed by atoms with Crippen LogP contribution in [0.3, 0.4) is 0 Å². The Morgan fingerprint density at radius 3 is 2.34 bits per heavy atom. The number of esters is 1. The minimum absolute atomic E-state index is 0.229. The van der Waals surface area contributed by atoms with Gasteiger partial charge in [-0.15, -0.1) is 0 Å². The molecule has 2 aromatic carbocycles. The summed E-state index contributed by atoms with van der Waals surface area (Å²) in [5.74, 6) is 1.98. The van der Waals surface area contributed by atoms with Crippen molar-refractivity contribution in [3.63, 3.8) is 0 Å². The zero-order valence-electron chi connectivity index (χ0n) is 17.9. The minimum Gasteiger partial charge on any atom is -0.497 e. The number of likely N-dealkylation sites (N-methyl/N-ethyl adjacent to an activating group) is 1. The van der Waals surface area contributed by atoms with E-state index in [0.29, 0.717) is 25.3 Å². The van der Waals surface area contributed by atoms with E-state index in [0.717, 1.165) is 17.1 Å². The topological polar surface area (TPSA) is 57.2 Å². The monoisotopic (exact) mass is 401 g/mol. The lowest BCUT2D eigenvalue weighted by atomic mass is 10.0. The molecule has 1 atom stereocenters. The van der Waals surface area contributed by atoms with Gasteiger partial charge in [0.2, 0.25) is 0 Å². The van der Waals surface area contributed by atoms with Gasteiger partial charge in [0.05, 0.1) is 27.4 Å². The predicted octanol–water partition coefficient (Wildman–Crippen LogP) is 4.02. The molecule has 0 fully saturated rings. The van der Waals surface area contributed by atoms with E-state index in [4.69, 9.17) is 18.9 Å². The Morgan fingerprint density at radius 1 is 1.03 bits per heavy atom. The summed E-state index contributed by atoms with van der Waals surface area (Å²) in [4.78, 5) is 13.7. The van der Waals surface area contributed by atoms with E-state index in [1.807, 2.05) is 61.3 Å². The first-order chi connectivity index (χ1) is 14.0. The van der Waals surface area contributed by atoms with Gasteiger partial charge in [-0.3, -0.25) is 9.69 Å². The number of carbonyl (C=O) groups excluding carboxylic acids is 1. The lowest BCUT2D eigenvalue weighted by Crippen LogP contribution is -2.29. The van der Waals surface area contributed by atoms with Gasteiger partial charge in [-0.05, 0) is 45.2 Å². The van der Waals surface area contributed by atoms with E-state index in [2.05, 4.69) is 0 Å². The van der Waals surface area contributed by atoms with Crippen LogP contribution in [0.15, 0.2) is 42.5 Å². The van der Waals surface area contributed by atoms with Crippen LogP contribution in [0.25, 0.3) is 0 Å². The van der Waals surface area contributed by atoms with Crippen molar-refractivity contribution < 1.29 is 23.7 Å². The molecule has 158 valence electrons. The average molecular weight is 402 g/mol. The molecule has 0 saturated heterocycles. The maximum Gasteiger partial charge on any atom is 0.320 e. The SMILES string of the molecule is CCOC(=O)CN(C)CCC(Oc1ccc(C)cc1)c1ccc(OC)cc1OC. The molecule has 0 aliphatic carbocycles. The van der Waals surface area contributed by atoms with Gasteiger partial charge in [0, 0.05) is 24.6 Å². The van der Waals surface area contributed by atoms with Gasteiger partial charge in [0.15, 0.2) is 0 Å². The maximum atomic E-state index is 11.7. The summed E-state index contributed by atoms with van der Waals surface area (Å²) in [6.45, 7) is 5.13. The average Bonchev–Trinajstić information content (AvgIpc) is 2.72. The maximum absolute atomic E-state index is 11.7. The van der Waals surface area contributed by atoms with Crippen LogP contribution in [-0.2, 0) is 9.53 Å². The number of methoxy groups -OCH3 is 2. The van der Waals surface area contributed by atoms with E-state index in [1.165, 1.54) is 5.56 Å². The minimum atomic E-state index is -0.247. The second-order valence-corrected chi connectivity index (χ2v) is 6.86. The molecule has 2 aromatic rings. The van der Waals surface area contributed by atoms with Crippen molar-refractivity contribution in [3.05, 3.63) is 53.6 Å². The molecular formula is C23H31NO5. The lowest BCUT2D eigenvalue weighted by Gasteiger charge is -2.24. The standard InChI is InChI=1S/C23H31NO5/c1-6-28-23(25)16-24(3)14-13-21(29-18-9-7-17(2)8-10-18)20-12-11-19(26-4)15-22(20)27-5/h7-12,15,21H,6,13-14,16H2,1-5H3. The Labute approximate surface area is 173 Å². The smallest absolute Gasteiger partial charge is 0.320 e. The molecule has 0 saturated carbocycles. The number of nitrogens with zero attached hydrogens (tertiary/aromatic N) is 1. The van der Waals surface area contributed by atoms with Crippen LogP contribution in [0.1, 0.15) is 30.6 Å². The van der Waals surface area contributed by atoms with Gasteiger partial charge < -0.3 is 18.9 Å². The lowest BCUT2D eigenvalue weighted by molar-refractivity contribution is -0.144. The van der Waals surface area contributed by atoms with Gasteiger partial charge >= 0.3 is 5.97 Å². The normalized spacial score (nSPS) is 11.8. The van der Waals surface area contributed by atoms with Crippen molar-refractivity contribution >= 4 is 5.97 Å². The molecule has 6 nitrogen and oxygen atoms in total. The first kappa shape index (κ1) is 22.6. The molecule has 0 aliphatic heterocycles. The summed E-state index contributed by atoms with van der Waals surface area (Å²) >= 11 is 0. The van der Waals surface area contributed by atoms with Crippen molar-refractivity contribution in [1.82, 2.24) is 4.90 Å². The fraction of sp³-hybridized carbons (Fsp3) is 0.435. The fourth-order valence-corrected chi connectivity index (χ4v) is 2.99. The summed E-state index contributed by atoms with van der Waals surface area (Å²) in [6.07, 6.45) is 0.426. The van der Waals surface area contributed by atoms with E-state index in [9.17, 15) is 4.79 Å². The molecule has 6 heteroatoms. The van der Waals surface area contributed by atoms with Crippen molar-refractivity contribution in [1.29, 1.82) is 0 Å². The van der Waals surface area contributed by atoms with Crippen LogP contribution in [-0.4, -0.2) is 51.8 Å². The van der Waals surface area contributed by atoms with Crippen LogP contribution >= 0.6 is 0 Å². The molecule has 0 aliphatic rings. The Morgan fingerprint density at radius 2 is 1.72 bits per heavy atom. The van der Waals surface area contributed by atoms with Crippen molar-refractivity contribution in [2.45, 2.75) is 26.4 Å². The molecule has 1 unspecified atom stereocenters. The Kier molecular flexibility index (Phi) is 8.80. The highest BCUT2D eigenvalue weighted by molar-refractivity contribution is 5.71. The highest BCUT2D eigenvalue weighted by Gasteiger charge is 2.20. The summed E-state index contributed by atoms with van der Waals surface area (Å²) in [5.41, 5.74) is 2.10. The van der Waals surface area contributed by atoms with Crippen LogP contribution < -0.4 is 14.2 Å². The van der Waals surface area contributed by atoms with Gasteiger partial charge in [-0.2, -0.15) is 0 Å². The van der Waals surface area contributed by atoms with Crippen molar-refractivity contribution in [2.24, 2.45) is 0 Å². The first-order valence-electron chi connectivity index (χ1n) is 9.76. The van der Waals surface area contributed by atoms with Gasteiger partial charge in [-0.25, -0.2) is 0 Å². The van der Waals surface area contributed by atoms with Crippen LogP contribution in [0.4, 0.5) is 0 Å². The summed E-state index contributed by atoms with van der Waals surface area (Å²) in [6, 6.07) is 13.7. The number of benzene rings is 2. The molecule has 0 bridgehead atoms. The number of carbonyl (C=O) groups is 1. The van der Waals surface area contributed by atoms with Crippen molar-refractivity contribution in [3.8, 4) is 17.2 Å². The van der Waals surface area contributed by atoms with Crippen molar-refractivity contribution in [2.75, 3.05) is 41.0 Å². The number of ether oxygens (including phenoxy) is 4.